The van der Waals surface area contributed by atoms with Gasteiger partial charge < -0.3 is 14.8 Å². The number of hydrogen-bond acceptors (Lipinski definition) is 9. The summed E-state index contributed by atoms with van der Waals surface area (Å²) >= 11 is 1.21. The molecular weight excluding hydrogens is 384 g/mol. The van der Waals surface area contributed by atoms with Crippen LogP contribution in [0, 0.1) is 24.0 Å². The van der Waals surface area contributed by atoms with Crippen molar-refractivity contribution in [1.29, 1.82) is 0 Å². The van der Waals surface area contributed by atoms with E-state index in [1.54, 1.807) is 13.0 Å². The third kappa shape index (κ3) is 3.92. The zero-order chi connectivity index (χ0) is 20.3. The Hall–Kier alpha value is -3.11. The van der Waals surface area contributed by atoms with Gasteiger partial charge in [0.2, 0.25) is 0 Å². The first kappa shape index (κ1) is 19.6. The maximum Gasteiger partial charge on any atom is 0.348 e. The van der Waals surface area contributed by atoms with E-state index < -0.39 is 10.9 Å². The van der Waals surface area contributed by atoms with Crippen molar-refractivity contribution in [2.75, 3.05) is 25.6 Å². The highest BCUT2D eigenvalue weighted by Gasteiger charge is 2.21. The van der Waals surface area contributed by atoms with Crippen molar-refractivity contribution in [3.8, 4) is 0 Å². The predicted molar refractivity (Wildman–Crippen MR) is 105 cm³/mol. The molecule has 0 radical (unpaired) electrons. The van der Waals surface area contributed by atoms with E-state index in [1.165, 1.54) is 36.9 Å². The number of methoxy groups -OCH3 is 1. The topological polar surface area (TPSA) is 116 Å². The number of nitro groups is 1. The number of rotatable bonds is 7. The molecule has 1 N–H and O–H groups in total. The molecule has 0 bridgehead atoms. The minimum absolute atomic E-state index is 0.0251. The Kier molecular flexibility index (Phi) is 5.81. The third-order valence-corrected chi connectivity index (χ3v) is 5.30. The molecule has 0 atom stereocenters. The van der Waals surface area contributed by atoms with Crippen LogP contribution in [0.5, 0.6) is 0 Å². The van der Waals surface area contributed by atoms with E-state index in [0.29, 0.717) is 38.8 Å². The first-order chi connectivity index (χ1) is 13.4. The monoisotopic (exact) mass is 402 g/mol. The first-order valence-electron chi connectivity index (χ1n) is 8.34. The van der Waals surface area contributed by atoms with Crippen LogP contribution in [0.15, 0.2) is 24.5 Å². The molecule has 0 saturated carbocycles. The van der Waals surface area contributed by atoms with Gasteiger partial charge in [0.1, 0.15) is 28.5 Å². The number of esters is 1. The number of carbonyl (C=O) groups is 1. The molecule has 146 valence electrons. The van der Waals surface area contributed by atoms with E-state index in [2.05, 4.69) is 15.3 Å². The van der Waals surface area contributed by atoms with E-state index in [1.807, 2.05) is 6.92 Å². The van der Waals surface area contributed by atoms with Crippen LogP contribution in [-0.2, 0) is 9.47 Å². The number of thiophene rings is 1. The maximum atomic E-state index is 12.3. The lowest BCUT2D eigenvalue weighted by Crippen LogP contribution is -2.09. The summed E-state index contributed by atoms with van der Waals surface area (Å²) in [5.41, 5.74) is 2.05. The van der Waals surface area contributed by atoms with Crippen LogP contribution >= 0.6 is 11.3 Å². The van der Waals surface area contributed by atoms with Crippen molar-refractivity contribution in [2.45, 2.75) is 13.8 Å². The lowest BCUT2D eigenvalue weighted by molar-refractivity contribution is -0.384. The summed E-state index contributed by atoms with van der Waals surface area (Å²) in [6, 6.07) is 4.56. The molecule has 1 aromatic carbocycles. The summed E-state index contributed by atoms with van der Waals surface area (Å²) in [7, 11) is 1.53. The lowest BCUT2D eigenvalue weighted by Gasteiger charge is -2.10. The molecule has 0 fully saturated rings. The second-order valence-corrected chi connectivity index (χ2v) is 6.97. The summed E-state index contributed by atoms with van der Waals surface area (Å²) in [6.45, 7) is 4.10. The highest BCUT2D eigenvalue weighted by molar-refractivity contribution is 7.20. The SMILES string of the molecule is COCCOC(=O)c1sc2ncnc(Nc3cc([N+](=O)[O-])ccc3C)c2c1C. The van der Waals surface area contributed by atoms with Gasteiger partial charge in [-0.1, -0.05) is 6.07 Å². The lowest BCUT2D eigenvalue weighted by atomic mass is 10.1. The fraction of sp³-hybridized carbons (Fsp3) is 0.278. The van der Waals surface area contributed by atoms with Crippen molar-refractivity contribution < 1.29 is 19.2 Å². The van der Waals surface area contributed by atoms with Crippen LogP contribution in [0.1, 0.15) is 20.8 Å². The third-order valence-electron chi connectivity index (χ3n) is 4.12. The van der Waals surface area contributed by atoms with Gasteiger partial charge in [-0.25, -0.2) is 14.8 Å². The molecule has 28 heavy (non-hydrogen) atoms. The summed E-state index contributed by atoms with van der Waals surface area (Å²) in [4.78, 5) is 32.5. The Balaban J connectivity index is 1.98. The van der Waals surface area contributed by atoms with Gasteiger partial charge in [-0.3, -0.25) is 10.1 Å². The number of aryl methyl sites for hydroxylation is 2. The molecule has 0 saturated heterocycles. The molecule has 0 unspecified atom stereocenters. The Labute approximate surface area is 164 Å². The van der Waals surface area contributed by atoms with Crippen LogP contribution in [0.3, 0.4) is 0 Å². The summed E-state index contributed by atoms with van der Waals surface area (Å²) in [6.07, 6.45) is 1.38. The van der Waals surface area contributed by atoms with Crippen molar-refractivity contribution in [3.63, 3.8) is 0 Å². The molecule has 9 nitrogen and oxygen atoms in total. The molecule has 0 spiro atoms. The standard InChI is InChI=1S/C18H18N4O5S/c1-10-4-5-12(22(24)25)8-13(10)21-16-14-11(2)15(18(23)27-7-6-26-3)28-17(14)20-9-19-16/h4-5,8-9H,6-7H2,1-3H3,(H,19,20,21). The van der Waals surface area contributed by atoms with Crippen LogP contribution in [-0.4, -0.2) is 41.2 Å². The highest BCUT2D eigenvalue weighted by Crippen LogP contribution is 2.35. The van der Waals surface area contributed by atoms with E-state index in [0.717, 1.165) is 5.56 Å². The number of aromatic nitrogens is 2. The first-order valence-corrected chi connectivity index (χ1v) is 9.16. The number of nitrogens with zero attached hydrogens (tertiary/aromatic N) is 3. The minimum Gasteiger partial charge on any atom is -0.459 e. The van der Waals surface area contributed by atoms with Gasteiger partial charge in [0, 0.05) is 24.9 Å². The van der Waals surface area contributed by atoms with E-state index >= 15 is 0 Å². The number of non-ortho nitro benzene ring substituents is 1. The Morgan fingerprint density at radius 3 is 2.79 bits per heavy atom. The fourth-order valence-corrected chi connectivity index (χ4v) is 3.67. The van der Waals surface area contributed by atoms with Gasteiger partial charge in [-0.2, -0.15) is 0 Å². The number of nitro benzene ring substituents is 1. The Bertz CT molecular complexity index is 1050. The molecule has 3 aromatic rings. The minimum atomic E-state index is -0.454. The van der Waals surface area contributed by atoms with Gasteiger partial charge >= 0.3 is 5.97 Å². The normalized spacial score (nSPS) is 10.8. The highest BCUT2D eigenvalue weighted by atomic mass is 32.1. The number of nitrogens with one attached hydrogen (secondary N) is 1. The van der Waals surface area contributed by atoms with Crippen LogP contribution in [0.25, 0.3) is 10.2 Å². The van der Waals surface area contributed by atoms with Crippen LogP contribution in [0.2, 0.25) is 0 Å². The number of benzene rings is 1. The number of fused-ring (bicyclic) bond motifs is 1. The second-order valence-electron chi connectivity index (χ2n) is 5.97. The van der Waals surface area contributed by atoms with Crippen molar-refractivity contribution in [1.82, 2.24) is 9.97 Å². The zero-order valence-corrected chi connectivity index (χ0v) is 16.3. The number of hydrogen-bond donors (Lipinski definition) is 1. The zero-order valence-electron chi connectivity index (χ0n) is 15.5. The summed E-state index contributed by atoms with van der Waals surface area (Å²) < 4.78 is 10.1. The van der Waals surface area contributed by atoms with Crippen molar-refractivity contribution in [3.05, 3.63) is 50.6 Å². The number of anilines is 2. The van der Waals surface area contributed by atoms with E-state index in [9.17, 15) is 14.9 Å². The van der Waals surface area contributed by atoms with E-state index in [-0.39, 0.29) is 12.3 Å². The van der Waals surface area contributed by atoms with Gasteiger partial charge in [0.25, 0.3) is 5.69 Å². The molecule has 0 aliphatic carbocycles. The second kappa shape index (κ2) is 8.28. The molecular formula is C18H18N4O5S. The smallest absolute Gasteiger partial charge is 0.348 e. The fourth-order valence-electron chi connectivity index (χ4n) is 2.63. The molecule has 2 aromatic heterocycles. The molecule has 10 heteroatoms. The molecule has 0 aliphatic rings. The average Bonchev–Trinajstić information content (AvgIpc) is 3.01. The van der Waals surface area contributed by atoms with Gasteiger partial charge in [0.15, 0.2) is 0 Å². The van der Waals surface area contributed by atoms with Gasteiger partial charge in [-0.05, 0) is 25.0 Å². The van der Waals surface area contributed by atoms with Gasteiger partial charge in [-0.15, -0.1) is 11.3 Å². The maximum absolute atomic E-state index is 12.3. The molecule has 2 heterocycles. The van der Waals surface area contributed by atoms with Crippen molar-refractivity contribution in [2.24, 2.45) is 0 Å². The molecule has 0 amide bonds. The van der Waals surface area contributed by atoms with Gasteiger partial charge in [0.05, 0.1) is 16.9 Å². The van der Waals surface area contributed by atoms with Crippen molar-refractivity contribution >= 4 is 44.7 Å². The Morgan fingerprint density at radius 2 is 2.07 bits per heavy atom. The Morgan fingerprint density at radius 1 is 1.29 bits per heavy atom. The largest absolute Gasteiger partial charge is 0.459 e. The van der Waals surface area contributed by atoms with Crippen LogP contribution < -0.4 is 5.32 Å². The predicted octanol–water partition coefficient (Wildman–Crippen LogP) is 3.76. The quantitative estimate of drug-likeness (QED) is 0.275. The average molecular weight is 402 g/mol. The molecule has 3 rings (SSSR count). The van der Waals surface area contributed by atoms with Crippen LogP contribution in [0.4, 0.5) is 17.2 Å². The van der Waals surface area contributed by atoms with E-state index in [4.69, 9.17) is 9.47 Å². The summed E-state index contributed by atoms with van der Waals surface area (Å²) in [5, 5.41) is 14.9. The number of ether oxygens (including phenoxy) is 2. The summed E-state index contributed by atoms with van der Waals surface area (Å²) in [5.74, 6) is 0.0216. The molecule has 0 aliphatic heterocycles. The number of carbonyl (C=O) groups excluding carboxylic acids is 1.